The third-order valence-electron chi connectivity index (χ3n) is 5.65. The summed E-state index contributed by atoms with van der Waals surface area (Å²) in [5.74, 6) is 0.418. The van der Waals surface area contributed by atoms with Gasteiger partial charge in [-0.15, -0.1) is 0 Å². The van der Waals surface area contributed by atoms with Crippen LogP contribution in [0.2, 0.25) is 0 Å². The predicted octanol–water partition coefficient (Wildman–Crippen LogP) is 4.32. The number of carbonyl (C=O) groups is 2. The minimum Gasteiger partial charge on any atom is -0.489 e. The first kappa shape index (κ1) is 23.4. The number of fused-ring (bicyclic) bond motifs is 1. The Labute approximate surface area is 199 Å². The van der Waals surface area contributed by atoms with E-state index in [9.17, 15) is 9.59 Å². The summed E-state index contributed by atoms with van der Waals surface area (Å²) < 4.78 is 18.2. The van der Waals surface area contributed by atoms with Gasteiger partial charge in [0.2, 0.25) is 0 Å². The van der Waals surface area contributed by atoms with E-state index in [0.717, 1.165) is 22.4 Å². The number of methoxy groups -OCH3 is 1. The highest BCUT2D eigenvalue weighted by Crippen LogP contribution is 2.34. The summed E-state index contributed by atoms with van der Waals surface area (Å²) in [5, 5.41) is 4.23. The molecule has 1 aromatic heterocycles. The Morgan fingerprint density at radius 2 is 1.94 bits per heavy atom. The molecule has 0 radical (unpaired) electrons. The molecule has 0 N–H and O–H groups in total. The van der Waals surface area contributed by atoms with Gasteiger partial charge in [0.1, 0.15) is 12.4 Å². The number of esters is 1. The van der Waals surface area contributed by atoms with Crippen LogP contribution in [0.5, 0.6) is 5.75 Å². The monoisotopic (exact) mass is 463 g/mol. The van der Waals surface area contributed by atoms with Crippen molar-refractivity contribution in [1.29, 1.82) is 0 Å². The van der Waals surface area contributed by atoms with Crippen molar-refractivity contribution in [3.8, 4) is 11.4 Å². The number of nitrogens with zero attached hydrogens (tertiary/aromatic N) is 3. The molecule has 0 bridgehead atoms. The summed E-state index contributed by atoms with van der Waals surface area (Å²) in [4.78, 5) is 26.7. The quantitative estimate of drug-likeness (QED) is 0.486. The van der Waals surface area contributed by atoms with E-state index in [1.54, 1.807) is 10.9 Å². The molecule has 4 rings (SSSR count). The van der Waals surface area contributed by atoms with Crippen molar-refractivity contribution in [2.75, 3.05) is 20.3 Å². The summed E-state index contributed by atoms with van der Waals surface area (Å²) in [6.45, 7) is 5.00. The van der Waals surface area contributed by atoms with E-state index in [1.807, 2.05) is 68.6 Å². The molecule has 8 heteroatoms. The number of hydrogen-bond acceptors (Lipinski definition) is 6. The number of benzene rings is 2. The van der Waals surface area contributed by atoms with Crippen LogP contribution in [0.1, 0.15) is 36.6 Å². The molecule has 0 saturated carbocycles. The number of ether oxygens (including phenoxy) is 3. The maximum atomic E-state index is 12.6. The molecule has 0 aliphatic carbocycles. The van der Waals surface area contributed by atoms with Crippen LogP contribution in [-0.2, 0) is 27.3 Å². The van der Waals surface area contributed by atoms with Gasteiger partial charge in [-0.25, -0.2) is 14.3 Å². The first-order valence-electron chi connectivity index (χ1n) is 11.3. The van der Waals surface area contributed by atoms with Crippen LogP contribution >= 0.6 is 0 Å². The van der Waals surface area contributed by atoms with E-state index in [0.29, 0.717) is 31.9 Å². The lowest BCUT2D eigenvalue weighted by molar-refractivity contribution is -0.147. The highest BCUT2D eigenvalue weighted by Gasteiger charge is 2.37. The summed E-state index contributed by atoms with van der Waals surface area (Å²) in [6.07, 6.45) is 3.72. The maximum absolute atomic E-state index is 12.6. The molecule has 3 aromatic rings. The minimum atomic E-state index is -0.836. The average Bonchev–Trinajstić information content (AvgIpc) is 3.40. The number of aromatic nitrogens is 2. The molecule has 2 heterocycles. The summed E-state index contributed by atoms with van der Waals surface area (Å²) in [5.41, 5.74) is 3.69. The summed E-state index contributed by atoms with van der Waals surface area (Å²) in [7, 11) is 1.32. The standard InChI is InChI=1S/C26H29N3O5/c1-18(2)16-34-26(31)28-14-11-20-15-22(9-10-23(20)24(28)25(30)32-3)33-17-19-5-7-21(8-6-19)29-13-4-12-27-29/h4-10,12-13,15,18,24H,11,14,16-17H2,1-3H3. The Balaban J connectivity index is 1.46. The SMILES string of the molecule is COC(=O)C1c2ccc(OCc3ccc(-n4cccn4)cc3)cc2CCN1C(=O)OCC(C)C. The van der Waals surface area contributed by atoms with Crippen molar-refractivity contribution >= 4 is 12.1 Å². The minimum absolute atomic E-state index is 0.207. The third kappa shape index (κ3) is 5.22. The lowest BCUT2D eigenvalue weighted by Gasteiger charge is -2.35. The van der Waals surface area contributed by atoms with Crippen LogP contribution in [0.3, 0.4) is 0 Å². The zero-order chi connectivity index (χ0) is 24.1. The molecule has 1 atom stereocenters. The van der Waals surface area contributed by atoms with Crippen molar-refractivity contribution in [3.05, 3.63) is 77.6 Å². The fourth-order valence-corrected chi connectivity index (χ4v) is 3.91. The smallest absolute Gasteiger partial charge is 0.410 e. The third-order valence-corrected chi connectivity index (χ3v) is 5.65. The van der Waals surface area contributed by atoms with Gasteiger partial charge in [-0.3, -0.25) is 4.90 Å². The molecular formula is C26H29N3O5. The second-order valence-electron chi connectivity index (χ2n) is 8.61. The van der Waals surface area contributed by atoms with Crippen molar-refractivity contribution in [3.63, 3.8) is 0 Å². The summed E-state index contributed by atoms with van der Waals surface area (Å²) >= 11 is 0. The topological polar surface area (TPSA) is 82.9 Å². The van der Waals surface area contributed by atoms with Crippen molar-refractivity contribution in [2.45, 2.75) is 32.9 Å². The highest BCUT2D eigenvalue weighted by molar-refractivity contribution is 5.84. The van der Waals surface area contributed by atoms with Crippen LogP contribution in [0.4, 0.5) is 4.79 Å². The van der Waals surface area contributed by atoms with Crippen molar-refractivity contribution in [2.24, 2.45) is 5.92 Å². The second kappa shape index (κ2) is 10.4. The molecule has 1 unspecified atom stereocenters. The Kier molecular flexibility index (Phi) is 7.15. The van der Waals surface area contributed by atoms with Gasteiger partial charge >= 0.3 is 12.1 Å². The van der Waals surface area contributed by atoms with Gasteiger partial charge in [0, 0.05) is 18.9 Å². The number of rotatable bonds is 7. The molecule has 1 amide bonds. The first-order valence-corrected chi connectivity index (χ1v) is 11.3. The van der Waals surface area contributed by atoms with Gasteiger partial charge in [0.05, 0.1) is 19.4 Å². The molecular weight excluding hydrogens is 434 g/mol. The molecule has 0 saturated heterocycles. The Bertz CT molecular complexity index is 1130. The van der Waals surface area contributed by atoms with Gasteiger partial charge < -0.3 is 14.2 Å². The van der Waals surface area contributed by atoms with E-state index < -0.39 is 18.1 Å². The van der Waals surface area contributed by atoms with Crippen LogP contribution < -0.4 is 4.74 Å². The highest BCUT2D eigenvalue weighted by atomic mass is 16.6. The number of carbonyl (C=O) groups excluding carboxylic acids is 2. The number of amides is 1. The second-order valence-corrected chi connectivity index (χ2v) is 8.61. The molecule has 1 aliphatic rings. The van der Waals surface area contributed by atoms with Crippen molar-refractivity contribution in [1.82, 2.24) is 14.7 Å². The van der Waals surface area contributed by atoms with Crippen LogP contribution in [0.25, 0.3) is 5.69 Å². The molecule has 1 aliphatic heterocycles. The van der Waals surface area contributed by atoms with Gasteiger partial charge in [-0.2, -0.15) is 5.10 Å². The van der Waals surface area contributed by atoms with E-state index in [4.69, 9.17) is 14.2 Å². The Morgan fingerprint density at radius 3 is 2.62 bits per heavy atom. The first-order chi connectivity index (χ1) is 16.5. The molecule has 2 aromatic carbocycles. The van der Waals surface area contributed by atoms with Crippen molar-refractivity contribution < 1.29 is 23.8 Å². The van der Waals surface area contributed by atoms with E-state index in [1.165, 1.54) is 12.0 Å². The Hall–Kier alpha value is -3.81. The molecule has 0 fully saturated rings. The largest absolute Gasteiger partial charge is 0.489 e. The number of hydrogen-bond donors (Lipinski definition) is 0. The van der Waals surface area contributed by atoms with Crippen LogP contribution in [0.15, 0.2) is 60.9 Å². The lowest BCUT2D eigenvalue weighted by atomic mass is 9.92. The van der Waals surface area contributed by atoms with E-state index in [2.05, 4.69) is 5.10 Å². The van der Waals surface area contributed by atoms with Gasteiger partial charge in [0.25, 0.3) is 0 Å². The van der Waals surface area contributed by atoms with Crippen LogP contribution in [-0.4, -0.2) is 47.0 Å². The lowest BCUT2D eigenvalue weighted by Crippen LogP contribution is -2.44. The average molecular weight is 464 g/mol. The summed E-state index contributed by atoms with van der Waals surface area (Å²) in [6, 6.07) is 14.6. The molecule has 178 valence electrons. The van der Waals surface area contributed by atoms with E-state index >= 15 is 0 Å². The molecule has 34 heavy (non-hydrogen) atoms. The predicted molar refractivity (Wildman–Crippen MR) is 126 cm³/mol. The van der Waals surface area contributed by atoms with Gasteiger partial charge in [-0.1, -0.05) is 32.0 Å². The van der Waals surface area contributed by atoms with E-state index in [-0.39, 0.29) is 5.92 Å². The zero-order valence-electron chi connectivity index (χ0n) is 19.6. The fourth-order valence-electron chi connectivity index (χ4n) is 3.91. The zero-order valence-corrected chi connectivity index (χ0v) is 19.6. The molecule has 8 nitrogen and oxygen atoms in total. The van der Waals surface area contributed by atoms with Crippen LogP contribution in [0, 0.1) is 5.92 Å². The van der Waals surface area contributed by atoms with Gasteiger partial charge in [0.15, 0.2) is 6.04 Å². The fraction of sp³-hybridized carbons (Fsp3) is 0.346. The van der Waals surface area contributed by atoms with Gasteiger partial charge in [-0.05, 0) is 59.4 Å². The maximum Gasteiger partial charge on any atom is 0.410 e. The molecule has 0 spiro atoms. The normalized spacial score (nSPS) is 15.1. The Morgan fingerprint density at radius 1 is 1.15 bits per heavy atom.